The zero-order valence-electron chi connectivity index (χ0n) is 13.3. The van der Waals surface area contributed by atoms with Gasteiger partial charge in [0.2, 0.25) is 5.91 Å². The maximum absolute atomic E-state index is 12.3. The van der Waals surface area contributed by atoms with E-state index in [2.05, 4.69) is 16.3 Å². The first-order valence-corrected chi connectivity index (χ1v) is 8.33. The molecule has 118 valence electrons. The summed E-state index contributed by atoms with van der Waals surface area (Å²) in [6.45, 7) is 2.44. The van der Waals surface area contributed by atoms with Crippen LogP contribution in [0.1, 0.15) is 48.9 Å². The van der Waals surface area contributed by atoms with Gasteiger partial charge in [0.15, 0.2) is 0 Å². The summed E-state index contributed by atoms with van der Waals surface area (Å²) in [4.78, 5) is 14.5. The molecule has 0 radical (unpaired) electrons. The zero-order valence-corrected chi connectivity index (χ0v) is 13.3. The Morgan fingerprint density at radius 3 is 2.64 bits per heavy atom. The molecule has 0 aromatic carbocycles. The van der Waals surface area contributed by atoms with Crippen molar-refractivity contribution in [1.29, 1.82) is 5.26 Å². The van der Waals surface area contributed by atoms with Crippen LogP contribution in [0.2, 0.25) is 0 Å². The van der Waals surface area contributed by atoms with Gasteiger partial charge in [0, 0.05) is 12.7 Å². The molecule has 0 spiro atoms. The van der Waals surface area contributed by atoms with Crippen LogP contribution in [0, 0.1) is 11.3 Å². The first-order chi connectivity index (χ1) is 10.7. The number of anilines is 1. The number of piperidine rings is 1. The molecule has 1 saturated heterocycles. The number of aromatic nitrogens is 1. The second kappa shape index (κ2) is 6.53. The maximum Gasteiger partial charge on any atom is 0.239 e. The minimum absolute atomic E-state index is 0.00338. The fraction of sp³-hybridized carbons (Fsp3) is 0.647. The molecule has 3 rings (SSSR count). The Hall–Kier alpha value is -1.80. The molecule has 1 amide bonds. The summed E-state index contributed by atoms with van der Waals surface area (Å²) >= 11 is 0. The molecule has 1 aromatic heterocycles. The lowest BCUT2D eigenvalue weighted by Crippen LogP contribution is -2.37. The molecular formula is C17H24N4O. The average molecular weight is 300 g/mol. The summed E-state index contributed by atoms with van der Waals surface area (Å²) in [5.41, 5.74) is 3.03. The number of carbonyl (C=O) groups is 1. The molecule has 1 aromatic rings. The second-order valence-electron chi connectivity index (χ2n) is 6.41. The molecule has 0 saturated carbocycles. The third kappa shape index (κ3) is 2.89. The van der Waals surface area contributed by atoms with Crippen molar-refractivity contribution in [2.45, 2.75) is 44.9 Å². The Kier molecular flexibility index (Phi) is 4.49. The quantitative estimate of drug-likeness (QED) is 0.931. The number of carbonyl (C=O) groups excluding carboxylic acids is 1. The smallest absolute Gasteiger partial charge is 0.239 e. The Balaban J connectivity index is 1.75. The van der Waals surface area contributed by atoms with Gasteiger partial charge in [-0.3, -0.25) is 9.69 Å². The van der Waals surface area contributed by atoms with Crippen molar-refractivity contribution in [3.05, 3.63) is 16.8 Å². The molecule has 2 heterocycles. The van der Waals surface area contributed by atoms with Crippen molar-refractivity contribution in [3.8, 4) is 6.07 Å². The van der Waals surface area contributed by atoms with E-state index in [9.17, 15) is 10.1 Å². The van der Waals surface area contributed by atoms with Crippen LogP contribution in [-0.2, 0) is 24.7 Å². The number of nitriles is 1. The summed E-state index contributed by atoms with van der Waals surface area (Å²) in [6, 6.07) is 2.30. The average Bonchev–Trinajstić information content (AvgIpc) is 2.81. The van der Waals surface area contributed by atoms with Crippen LogP contribution in [0.5, 0.6) is 0 Å². The maximum atomic E-state index is 12.3. The van der Waals surface area contributed by atoms with Crippen molar-refractivity contribution < 1.29 is 4.79 Å². The van der Waals surface area contributed by atoms with Gasteiger partial charge in [-0.1, -0.05) is 6.42 Å². The van der Waals surface area contributed by atoms with Gasteiger partial charge in [-0.15, -0.1) is 0 Å². The Bertz CT molecular complexity index is 605. The first-order valence-electron chi connectivity index (χ1n) is 8.33. The van der Waals surface area contributed by atoms with E-state index in [1.165, 1.54) is 25.0 Å². The summed E-state index contributed by atoms with van der Waals surface area (Å²) in [7, 11) is 1.96. The van der Waals surface area contributed by atoms with E-state index in [0.29, 0.717) is 17.9 Å². The SMILES string of the molecule is Cn1c2c(c(C#N)c1NC(=O)CN1CCCCC1)CCCC2. The summed E-state index contributed by atoms with van der Waals surface area (Å²) in [5, 5.41) is 12.5. The standard InChI is InChI=1S/C17H24N4O/c1-20-15-8-4-3-7-13(15)14(11-18)17(20)19-16(22)12-21-9-5-2-6-10-21/h2-10,12H2,1H3,(H,19,22). The topological polar surface area (TPSA) is 61.1 Å². The third-order valence-electron chi connectivity index (χ3n) is 4.90. The van der Waals surface area contributed by atoms with E-state index in [1.54, 1.807) is 0 Å². The van der Waals surface area contributed by atoms with E-state index < -0.39 is 0 Å². The minimum atomic E-state index is -0.00338. The number of amides is 1. The van der Waals surface area contributed by atoms with Crippen LogP contribution in [0.25, 0.3) is 0 Å². The zero-order chi connectivity index (χ0) is 15.5. The monoisotopic (exact) mass is 300 g/mol. The van der Waals surface area contributed by atoms with Gasteiger partial charge in [-0.2, -0.15) is 5.26 Å². The Morgan fingerprint density at radius 1 is 1.18 bits per heavy atom. The molecule has 1 N–H and O–H groups in total. The molecular weight excluding hydrogens is 276 g/mol. The van der Waals surface area contributed by atoms with Gasteiger partial charge in [0.05, 0.1) is 12.1 Å². The van der Waals surface area contributed by atoms with Gasteiger partial charge in [0.25, 0.3) is 0 Å². The second-order valence-corrected chi connectivity index (χ2v) is 6.41. The van der Waals surface area contributed by atoms with Crippen LogP contribution < -0.4 is 5.32 Å². The number of hydrogen-bond donors (Lipinski definition) is 1. The largest absolute Gasteiger partial charge is 0.333 e. The fourth-order valence-corrected chi connectivity index (χ4v) is 3.73. The Morgan fingerprint density at radius 2 is 1.91 bits per heavy atom. The van der Waals surface area contributed by atoms with Crippen LogP contribution in [0.15, 0.2) is 0 Å². The van der Waals surface area contributed by atoms with Gasteiger partial charge in [-0.25, -0.2) is 0 Å². The minimum Gasteiger partial charge on any atom is -0.333 e. The number of nitrogens with zero attached hydrogens (tertiary/aromatic N) is 3. The van der Waals surface area contributed by atoms with Crippen LogP contribution in [0.3, 0.4) is 0 Å². The number of rotatable bonds is 3. The molecule has 0 atom stereocenters. The van der Waals surface area contributed by atoms with Gasteiger partial charge in [-0.05, 0) is 57.2 Å². The van der Waals surface area contributed by atoms with E-state index >= 15 is 0 Å². The number of hydrogen-bond acceptors (Lipinski definition) is 3. The predicted molar refractivity (Wildman–Crippen MR) is 85.7 cm³/mol. The van der Waals surface area contributed by atoms with Crippen LogP contribution in [-0.4, -0.2) is 35.0 Å². The lowest BCUT2D eigenvalue weighted by Gasteiger charge is -2.25. The molecule has 1 aliphatic carbocycles. The highest BCUT2D eigenvalue weighted by Gasteiger charge is 2.24. The molecule has 5 heteroatoms. The molecule has 2 aliphatic rings. The van der Waals surface area contributed by atoms with E-state index in [-0.39, 0.29) is 5.91 Å². The molecule has 5 nitrogen and oxygen atoms in total. The van der Waals surface area contributed by atoms with Crippen molar-refractivity contribution in [3.63, 3.8) is 0 Å². The fourth-order valence-electron chi connectivity index (χ4n) is 3.73. The van der Waals surface area contributed by atoms with Crippen molar-refractivity contribution in [1.82, 2.24) is 9.47 Å². The molecule has 0 unspecified atom stereocenters. The summed E-state index contributed by atoms with van der Waals surface area (Å²) < 4.78 is 2.02. The van der Waals surface area contributed by atoms with Crippen molar-refractivity contribution in [2.75, 3.05) is 25.0 Å². The molecule has 0 bridgehead atoms. The van der Waals surface area contributed by atoms with Crippen molar-refractivity contribution in [2.24, 2.45) is 7.05 Å². The summed E-state index contributed by atoms with van der Waals surface area (Å²) in [6.07, 6.45) is 7.87. The highest BCUT2D eigenvalue weighted by molar-refractivity contribution is 5.93. The van der Waals surface area contributed by atoms with Crippen molar-refractivity contribution >= 4 is 11.7 Å². The van der Waals surface area contributed by atoms with Crippen LogP contribution in [0.4, 0.5) is 5.82 Å². The molecule has 1 fully saturated rings. The van der Waals surface area contributed by atoms with Gasteiger partial charge >= 0.3 is 0 Å². The molecule has 1 aliphatic heterocycles. The number of fused-ring (bicyclic) bond motifs is 1. The molecule has 22 heavy (non-hydrogen) atoms. The highest BCUT2D eigenvalue weighted by Crippen LogP contribution is 2.31. The first kappa shape index (κ1) is 15.1. The number of likely N-dealkylation sites (tertiary alicyclic amines) is 1. The highest BCUT2D eigenvalue weighted by atomic mass is 16.2. The summed E-state index contributed by atoms with van der Waals surface area (Å²) in [5.74, 6) is 0.688. The lowest BCUT2D eigenvalue weighted by molar-refractivity contribution is -0.117. The Labute approximate surface area is 131 Å². The van der Waals surface area contributed by atoms with E-state index in [0.717, 1.165) is 44.3 Å². The van der Waals surface area contributed by atoms with Gasteiger partial charge in [0.1, 0.15) is 11.9 Å². The van der Waals surface area contributed by atoms with E-state index in [4.69, 9.17) is 0 Å². The third-order valence-corrected chi connectivity index (χ3v) is 4.90. The normalized spacial score (nSPS) is 18.5. The van der Waals surface area contributed by atoms with Gasteiger partial charge < -0.3 is 9.88 Å². The van der Waals surface area contributed by atoms with Crippen LogP contribution >= 0.6 is 0 Å². The number of nitrogens with one attached hydrogen (secondary N) is 1. The lowest BCUT2D eigenvalue weighted by atomic mass is 9.95. The van der Waals surface area contributed by atoms with E-state index in [1.807, 2.05) is 11.6 Å². The predicted octanol–water partition coefficient (Wildman–Crippen LogP) is 2.20.